The fraction of sp³-hybridized carbons (Fsp3) is 0.0698. The summed E-state index contributed by atoms with van der Waals surface area (Å²) >= 11 is 0. The van der Waals surface area contributed by atoms with Crippen LogP contribution in [0.2, 0.25) is 0 Å². The molecular formula is C43H31NO. The smallest absolute Gasteiger partial charge is 0.137 e. The highest BCUT2D eigenvalue weighted by Crippen LogP contribution is 2.53. The van der Waals surface area contributed by atoms with Crippen LogP contribution in [-0.4, -0.2) is 0 Å². The molecule has 0 unspecified atom stereocenters. The number of hydrogen-bond acceptors (Lipinski definition) is 2. The van der Waals surface area contributed by atoms with Crippen molar-refractivity contribution in [1.82, 2.24) is 0 Å². The van der Waals surface area contributed by atoms with Crippen molar-refractivity contribution in [2.75, 3.05) is 4.90 Å². The molecule has 0 fully saturated rings. The molecular weight excluding hydrogens is 546 g/mol. The van der Waals surface area contributed by atoms with Crippen molar-refractivity contribution in [1.29, 1.82) is 0 Å². The lowest BCUT2D eigenvalue weighted by Crippen LogP contribution is -2.15. The van der Waals surface area contributed by atoms with Crippen molar-refractivity contribution in [3.8, 4) is 22.3 Å². The molecule has 1 aromatic heterocycles. The van der Waals surface area contributed by atoms with Crippen LogP contribution in [0.3, 0.4) is 0 Å². The van der Waals surface area contributed by atoms with Crippen LogP contribution in [-0.2, 0) is 5.41 Å². The Morgan fingerprint density at radius 3 is 2.02 bits per heavy atom. The molecule has 0 atom stereocenters. The van der Waals surface area contributed by atoms with Crippen LogP contribution in [0.4, 0.5) is 17.1 Å². The topological polar surface area (TPSA) is 16.4 Å². The molecule has 2 nitrogen and oxygen atoms in total. The second-order valence-corrected chi connectivity index (χ2v) is 12.6. The Morgan fingerprint density at radius 1 is 0.489 bits per heavy atom. The van der Waals surface area contributed by atoms with E-state index in [1.165, 1.54) is 49.5 Å². The number of rotatable bonds is 4. The minimum absolute atomic E-state index is 0.107. The second kappa shape index (κ2) is 9.70. The summed E-state index contributed by atoms with van der Waals surface area (Å²) in [6.07, 6.45) is 0. The molecule has 1 heterocycles. The van der Waals surface area contributed by atoms with Crippen LogP contribution in [0.25, 0.3) is 55.0 Å². The van der Waals surface area contributed by atoms with Gasteiger partial charge in [0.1, 0.15) is 11.2 Å². The largest absolute Gasteiger partial charge is 0.456 e. The van der Waals surface area contributed by atoms with E-state index in [1.807, 2.05) is 0 Å². The molecule has 0 spiro atoms. The Morgan fingerprint density at radius 2 is 1.18 bits per heavy atom. The molecule has 0 N–H and O–H groups in total. The van der Waals surface area contributed by atoms with Crippen molar-refractivity contribution in [2.24, 2.45) is 0 Å². The van der Waals surface area contributed by atoms with E-state index in [9.17, 15) is 0 Å². The normalized spacial score (nSPS) is 13.3. The van der Waals surface area contributed by atoms with Gasteiger partial charge in [-0.1, -0.05) is 111 Å². The Balaban J connectivity index is 1.16. The average molecular weight is 578 g/mol. The molecule has 214 valence electrons. The summed E-state index contributed by atoms with van der Waals surface area (Å²) in [6.45, 7) is 4.67. The highest BCUT2D eigenvalue weighted by atomic mass is 16.3. The highest BCUT2D eigenvalue weighted by molar-refractivity contribution is 6.11. The van der Waals surface area contributed by atoms with Gasteiger partial charge in [-0.25, -0.2) is 0 Å². The molecule has 0 radical (unpaired) electrons. The van der Waals surface area contributed by atoms with Crippen molar-refractivity contribution >= 4 is 49.8 Å². The predicted octanol–water partition coefficient (Wildman–Crippen LogP) is 12.2. The van der Waals surface area contributed by atoms with Crippen LogP contribution in [0.15, 0.2) is 156 Å². The van der Waals surface area contributed by atoms with Gasteiger partial charge in [0.2, 0.25) is 0 Å². The van der Waals surface area contributed by atoms with Gasteiger partial charge in [0.05, 0.1) is 0 Å². The lowest BCUT2D eigenvalue weighted by atomic mass is 9.80. The van der Waals surface area contributed by atoms with Crippen molar-refractivity contribution < 1.29 is 4.42 Å². The third-order valence-corrected chi connectivity index (χ3v) is 9.62. The van der Waals surface area contributed by atoms with E-state index in [-0.39, 0.29) is 5.41 Å². The number of benzene rings is 7. The van der Waals surface area contributed by atoms with E-state index in [2.05, 4.69) is 170 Å². The first-order valence-corrected chi connectivity index (χ1v) is 15.6. The van der Waals surface area contributed by atoms with Gasteiger partial charge in [-0.2, -0.15) is 0 Å². The molecule has 1 aliphatic carbocycles. The number of nitrogens with zero attached hydrogens (tertiary/aromatic N) is 1. The zero-order chi connectivity index (χ0) is 30.1. The van der Waals surface area contributed by atoms with Crippen molar-refractivity contribution in [2.45, 2.75) is 19.3 Å². The molecule has 0 bridgehead atoms. The number of para-hydroxylation sites is 1. The Kier molecular flexibility index (Phi) is 5.58. The lowest BCUT2D eigenvalue weighted by Gasteiger charge is -2.25. The first-order chi connectivity index (χ1) is 22.1. The van der Waals surface area contributed by atoms with E-state index in [0.717, 1.165) is 33.6 Å². The van der Waals surface area contributed by atoms with Gasteiger partial charge >= 0.3 is 0 Å². The molecule has 1 aliphatic rings. The molecule has 0 saturated carbocycles. The van der Waals surface area contributed by atoms with Gasteiger partial charge in [-0.05, 0) is 92.7 Å². The lowest BCUT2D eigenvalue weighted by molar-refractivity contribution is 0.657. The first-order valence-electron chi connectivity index (χ1n) is 15.6. The zero-order valence-electron chi connectivity index (χ0n) is 25.3. The van der Waals surface area contributed by atoms with Crippen molar-refractivity contribution in [3.05, 3.63) is 163 Å². The van der Waals surface area contributed by atoms with Gasteiger partial charge in [0.15, 0.2) is 0 Å². The van der Waals surface area contributed by atoms with E-state index in [1.54, 1.807) is 0 Å². The SMILES string of the molecule is CC1(C)c2ccccc2-c2ccc3oc4cc(N(c5ccccc5)c5ccc(-c6ccc7ccccc7c6)cc5)ccc4c3c21. The average Bonchev–Trinajstić information content (AvgIpc) is 3.57. The molecule has 8 aromatic rings. The molecule has 7 aromatic carbocycles. The summed E-state index contributed by atoms with van der Waals surface area (Å²) in [7, 11) is 0. The second-order valence-electron chi connectivity index (χ2n) is 12.6. The maximum absolute atomic E-state index is 6.62. The van der Waals surface area contributed by atoms with Gasteiger partial charge in [0.25, 0.3) is 0 Å². The van der Waals surface area contributed by atoms with Gasteiger partial charge in [-0.15, -0.1) is 0 Å². The van der Waals surface area contributed by atoms with Gasteiger partial charge in [-0.3, -0.25) is 0 Å². The Bertz CT molecular complexity index is 2400. The van der Waals surface area contributed by atoms with Crippen LogP contribution >= 0.6 is 0 Å². The summed E-state index contributed by atoms with van der Waals surface area (Å²) in [5.41, 5.74) is 12.8. The monoisotopic (exact) mass is 577 g/mol. The standard InChI is InChI=1S/C43H31NO/c1-43(2)38-15-9-8-14-35(38)36-24-25-39-41(42(36)43)37-23-22-34(27-40(37)45-39)44(32-12-4-3-5-13-32)33-20-18-29(19-21-33)31-17-16-28-10-6-7-11-30(28)26-31/h3-27H,1-2H3. The van der Waals surface area contributed by atoms with E-state index in [4.69, 9.17) is 4.42 Å². The fourth-order valence-electron chi connectivity index (χ4n) is 7.46. The van der Waals surface area contributed by atoms with Crippen LogP contribution < -0.4 is 4.90 Å². The molecule has 45 heavy (non-hydrogen) atoms. The van der Waals surface area contributed by atoms with E-state index < -0.39 is 0 Å². The molecule has 0 saturated heterocycles. The van der Waals surface area contributed by atoms with E-state index in [0.29, 0.717) is 0 Å². The maximum Gasteiger partial charge on any atom is 0.137 e. The molecule has 0 aliphatic heterocycles. The number of anilines is 3. The van der Waals surface area contributed by atoms with Gasteiger partial charge in [0, 0.05) is 39.3 Å². The number of fused-ring (bicyclic) bond motifs is 8. The third-order valence-electron chi connectivity index (χ3n) is 9.62. The first kappa shape index (κ1) is 25.9. The summed E-state index contributed by atoms with van der Waals surface area (Å²) in [5.74, 6) is 0. The number of furan rings is 1. The fourth-order valence-corrected chi connectivity index (χ4v) is 7.46. The van der Waals surface area contributed by atoms with Crippen LogP contribution in [0, 0.1) is 0 Å². The van der Waals surface area contributed by atoms with Crippen molar-refractivity contribution in [3.63, 3.8) is 0 Å². The Hall–Kier alpha value is -5.60. The summed E-state index contributed by atoms with van der Waals surface area (Å²) in [6, 6.07) is 54.5. The zero-order valence-corrected chi connectivity index (χ0v) is 25.3. The van der Waals surface area contributed by atoms with Crippen LogP contribution in [0.1, 0.15) is 25.0 Å². The Labute approximate surface area is 262 Å². The predicted molar refractivity (Wildman–Crippen MR) is 189 cm³/mol. The van der Waals surface area contributed by atoms with Crippen LogP contribution in [0.5, 0.6) is 0 Å². The minimum Gasteiger partial charge on any atom is -0.456 e. The quantitative estimate of drug-likeness (QED) is 0.207. The molecule has 2 heteroatoms. The highest BCUT2D eigenvalue weighted by Gasteiger charge is 2.37. The third kappa shape index (κ3) is 3.96. The summed E-state index contributed by atoms with van der Waals surface area (Å²) in [4.78, 5) is 2.31. The maximum atomic E-state index is 6.62. The molecule has 0 amide bonds. The minimum atomic E-state index is -0.107. The number of hydrogen-bond donors (Lipinski definition) is 0. The molecule has 9 rings (SSSR count). The van der Waals surface area contributed by atoms with E-state index >= 15 is 0 Å². The summed E-state index contributed by atoms with van der Waals surface area (Å²) < 4.78 is 6.62. The van der Waals surface area contributed by atoms with Gasteiger partial charge < -0.3 is 9.32 Å². The summed E-state index contributed by atoms with van der Waals surface area (Å²) in [5, 5.41) is 4.89.